The zero-order valence-corrected chi connectivity index (χ0v) is 12.7. The molecule has 0 bridgehead atoms. The second-order valence-corrected chi connectivity index (χ2v) is 7.17. The van der Waals surface area contributed by atoms with Crippen LogP contribution in [0.25, 0.3) is 0 Å². The molecule has 2 unspecified atom stereocenters. The van der Waals surface area contributed by atoms with Crippen LogP contribution in [0.5, 0.6) is 0 Å². The molecule has 2 aliphatic carbocycles. The van der Waals surface area contributed by atoms with Crippen LogP contribution >= 0.6 is 0 Å². The van der Waals surface area contributed by atoms with Crippen LogP contribution < -0.4 is 0 Å². The van der Waals surface area contributed by atoms with E-state index < -0.39 is 5.78 Å². The van der Waals surface area contributed by atoms with Crippen molar-refractivity contribution in [2.45, 2.75) is 59.0 Å². The third-order valence-electron chi connectivity index (χ3n) is 5.58. The van der Waals surface area contributed by atoms with Crippen molar-refractivity contribution in [3.05, 3.63) is 23.0 Å². The van der Waals surface area contributed by atoms with Gasteiger partial charge in [0.25, 0.3) is 0 Å². The van der Waals surface area contributed by atoms with E-state index >= 15 is 0 Å². The van der Waals surface area contributed by atoms with Gasteiger partial charge in [-0.25, -0.2) is 0 Å². The van der Waals surface area contributed by atoms with Crippen LogP contribution in [0.1, 0.15) is 53.4 Å². The first-order chi connectivity index (χ1) is 9.28. The smallest absolute Gasteiger partial charge is 0.232 e. The average Bonchev–Trinajstić information content (AvgIpc) is 2.77. The lowest BCUT2D eigenvalue weighted by atomic mass is 9.59. The van der Waals surface area contributed by atoms with Crippen LogP contribution in [-0.2, 0) is 14.3 Å². The number of Topliss-reactive ketones (excluding diaryl/α,β-unsaturated/α-hetero) is 1. The summed E-state index contributed by atoms with van der Waals surface area (Å²) in [6, 6.07) is 0. The lowest BCUT2D eigenvalue weighted by Crippen LogP contribution is -2.52. The lowest BCUT2D eigenvalue weighted by molar-refractivity contribution is -0.134. The molecule has 0 aromatic heterocycles. The average molecular weight is 274 g/mol. The molecule has 0 aromatic rings. The van der Waals surface area contributed by atoms with E-state index in [0.717, 1.165) is 18.4 Å². The number of carbonyl (C=O) groups is 2. The maximum absolute atomic E-state index is 12.2. The van der Waals surface area contributed by atoms with E-state index in [1.54, 1.807) is 0 Å². The molecule has 0 amide bonds. The molecule has 2 atom stereocenters. The van der Waals surface area contributed by atoms with Crippen LogP contribution in [0, 0.1) is 11.3 Å². The molecule has 3 aliphatic rings. The van der Waals surface area contributed by atoms with Crippen LogP contribution in [-0.4, -0.2) is 17.2 Å². The molecule has 0 N–H and O–H groups in total. The Morgan fingerprint density at radius 3 is 2.65 bits per heavy atom. The lowest BCUT2D eigenvalue weighted by Gasteiger charge is -2.51. The second-order valence-electron chi connectivity index (χ2n) is 7.17. The summed E-state index contributed by atoms with van der Waals surface area (Å²) in [4.78, 5) is 23.9. The summed E-state index contributed by atoms with van der Waals surface area (Å²) in [5.41, 5.74) is 1.10. The molecule has 0 saturated heterocycles. The van der Waals surface area contributed by atoms with Crippen LogP contribution in [0.3, 0.4) is 0 Å². The van der Waals surface area contributed by atoms with Crippen LogP contribution in [0.4, 0.5) is 0 Å². The minimum Gasteiger partial charge on any atom is -0.485 e. The first-order valence-electron chi connectivity index (χ1n) is 7.48. The Morgan fingerprint density at radius 2 is 2.00 bits per heavy atom. The normalized spacial score (nSPS) is 36.0. The van der Waals surface area contributed by atoms with Crippen molar-refractivity contribution < 1.29 is 14.3 Å². The Hall–Kier alpha value is -1.38. The highest BCUT2D eigenvalue weighted by Crippen LogP contribution is 2.57. The molecule has 0 aromatic carbocycles. The Morgan fingerprint density at radius 1 is 1.30 bits per heavy atom. The fourth-order valence-corrected chi connectivity index (χ4v) is 4.22. The first kappa shape index (κ1) is 13.6. The van der Waals surface area contributed by atoms with Crippen LogP contribution in [0.2, 0.25) is 0 Å². The molecule has 1 fully saturated rings. The zero-order valence-electron chi connectivity index (χ0n) is 12.7. The number of ketones is 2. The van der Waals surface area contributed by atoms with Crippen molar-refractivity contribution >= 4 is 11.6 Å². The minimum absolute atomic E-state index is 0.0195. The standard InChI is InChI=1S/C17H22O3/c1-10-8-13(18)14(19)12-9-17(20-15(10)12)11(2)6-5-7-16(17,3)4/h8,11H,5-7,9H2,1-4H3. The maximum Gasteiger partial charge on any atom is 0.232 e. The Balaban J connectivity index is 2.05. The quantitative estimate of drug-likeness (QED) is 0.502. The van der Waals surface area contributed by atoms with Gasteiger partial charge in [-0.15, -0.1) is 0 Å². The molecule has 1 saturated carbocycles. The van der Waals surface area contributed by atoms with Gasteiger partial charge in [-0.3, -0.25) is 9.59 Å². The van der Waals surface area contributed by atoms with Gasteiger partial charge in [-0.05, 0) is 37.3 Å². The van der Waals surface area contributed by atoms with Gasteiger partial charge in [-0.2, -0.15) is 0 Å². The number of hydrogen-bond acceptors (Lipinski definition) is 3. The fourth-order valence-electron chi connectivity index (χ4n) is 4.22. The molecular weight excluding hydrogens is 252 g/mol. The first-order valence-corrected chi connectivity index (χ1v) is 7.48. The van der Waals surface area contributed by atoms with Crippen molar-refractivity contribution in [2.24, 2.45) is 11.3 Å². The largest absolute Gasteiger partial charge is 0.485 e. The molecule has 3 nitrogen and oxygen atoms in total. The highest BCUT2D eigenvalue weighted by molar-refractivity contribution is 6.48. The van der Waals surface area contributed by atoms with E-state index in [4.69, 9.17) is 4.74 Å². The summed E-state index contributed by atoms with van der Waals surface area (Å²) in [6.07, 6.45) is 5.43. The predicted molar refractivity (Wildman–Crippen MR) is 76.0 cm³/mol. The number of rotatable bonds is 0. The van der Waals surface area contributed by atoms with Crippen molar-refractivity contribution in [1.29, 1.82) is 0 Å². The van der Waals surface area contributed by atoms with E-state index in [1.165, 1.54) is 12.5 Å². The Bertz CT molecular complexity index is 565. The second kappa shape index (κ2) is 4.06. The molecule has 3 heteroatoms. The van der Waals surface area contributed by atoms with E-state index in [2.05, 4.69) is 20.8 Å². The Labute approximate surface area is 120 Å². The van der Waals surface area contributed by atoms with Crippen molar-refractivity contribution in [3.63, 3.8) is 0 Å². The summed E-state index contributed by atoms with van der Waals surface area (Å²) in [7, 11) is 0. The van der Waals surface area contributed by atoms with Gasteiger partial charge in [0.1, 0.15) is 11.4 Å². The number of carbonyl (C=O) groups excluding carboxylic acids is 2. The number of allylic oxidation sites excluding steroid dienone is 2. The fraction of sp³-hybridized carbons (Fsp3) is 0.647. The summed E-state index contributed by atoms with van der Waals surface area (Å²) in [5, 5.41) is 0. The zero-order chi connectivity index (χ0) is 14.7. The SMILES string of the molecule is CC1=CC(=O)C(=O)C2=C1OC1(C2)C(C)CCCC1(C)C. The molecule has 3 rings (SSSR count). The van der Waals surface area contributed by atoms with Gasteiger partial charge in [-0.1, -0.05) is 27.2 Å². The molecule has 20 heavy (non-hydrogen) atoms. The van der Waals surface area contributed by atoms with E-state index in [-0.39, 0.29) is 16.8 Å². The highest BCUT2D eigenvalue weighted by Gasteiger charge is 2.58. The maximum atomic E-state index is 12.2. The molecule has 108 valence electrons. The summed E-state index contributed by atoms with van der Waals surface area (Å²) < 4.78 is 6.39. The topological polar surface area (TPSA) is 43.4 Å². The van der Waals surface area contributed by atoms with Gasteiger partial charge in [0.05, 0.1) is 0 Å². The molecule has 0 radical (unpaired) electrons. The number of hydrogen-bond donors (Lipinski definition) is 0. The van der Waals surface area contributed by atoms with Gasteiger partial charge in [0, 0.05) is 17.4 Å². The Kier molecular flexibility index (Phi) is 2.76. The number of ether oxygens (including phenoxy) is 1. The summed E-state index contributed by atoms with van der Waals surface area (Å²) in [5.74, 6) is 0.309. The van der Waals surface area contributed by atoms with Gasteiger partial charge in [0.2, 0.25) is 11.6 Å². The van der Waals surface area contributed by atoms with E-state index in [9.17, 15) is 9.59 Å². The monoisotopic (exact) mass is 274 g/mol. The van der Waals surface area contributed by atoms with E-state index in [1.807, 2.05) is 6.92 Å². The van der Waals surface area contributed by atoms with Crippen molar-refractivity contribution in [3.8, 4) is 0 Å². The van der Waals surface area contributed by atoms with Crippen molar-refractivity contribution in [2.75, 3.05) is 0 Å². The van der Waals surface area contributed by atoms with Crippen LogP contribution in [0.15, 0.2) is 23.0 Å². The summed E-state index contributed by atoms with van der Waals surface area (Å²) in [6.45, 7) is 8.53. The molecule has 1 aliphatic heterocycles. The highest BCUT2D eigenvalue weighted by atomic mass is 16.5. The third kappa shape index (κ3) is 1.58. The van der Waals surface area contributed by atoms with Gasteiger partial charge < -0.3 is 4.74 Å². The van der Waals surface area contributed by atoms with Gasteiger partial charge in [0.15, 0.2) is 0 Å². The third-order valence-corrected chi connectivity index (χ3v) is 5.58. The van der Waals surface area contributed by atoms with Gasteiger partial charge >= 0.3 is 0 Å². The minimum atomic E-state index is -0.400. The molecular formula is C17H22O3. The van der Waals surface area contributed by atoms with E-state index in [0.29, 0.717) is 23.7 Å². The molecule has 1 spiro atoms. The molecule has 1 heterocycles. The van der Waals surface area contributed by atoms with Crippen molar-refractivity contribution in [1.82, 2.24) is 0 Å². The predicted octanol–water partition coefficient (Wildman–Crippen LogP) is 3.34. The summed E-state index contributed by atoms with van der Waals surface area (Å²) >= 11 is 0.